The summed E-state index contributed by atoms with van der Waals surface area (Å²) in [4.78, 5) is 14.4. The fourth-order valence-electron chi connectivity index (χ4n) is 2.93. The summed E-state index contributed by atoms with van der Waals surface area (Å²) >= 11 is 0. The van der Waals surface area contributed by atoms with E-state index in [0.717, 1.165) is 18.5 Å². The van der Waals surface area contributed by atoms with Crippen LogP contribution < -0.4 is 10.2 Å². The van der Waals surface area contributed by atoms with Crippen molar-refractivity contribution in [3.05, 3.63) is 54.1 Å². The monoisotopic (exact) mass is 296 g/mol. The minimum absolute atomic E-state index is 0.132. The Morgan fingerprint density at radius 2 is 1.91 bits per heavy atom. The molecule has 1 aliphatic heterocycles. The molecule has 2 amide bonds. The van der Waals surface area contributed by atoms with E-state index in [1.165, 1.54) is 5.56 Å². The first-order valence-corrected chi connectivity index (χ1v) is 7.61. The van der Waals surface area contributed by atoms with Crippen molar-refractivity contribution in [1.29, 1.82) is 0 Å². The number of rotatable bonds is 1. The largest absolute Gasteiger partial charge is 0.508 e. The number of fused-ring (bicyclic) bond motifs is 1. The lowest BCUT2D eigenvalue weighted by atomic mass is 9.96. The Morgan fingerprint density at radius 3 is 2.68 bits per heavy atom. The van der Waals surface area contributed by atoms with Crippen LogP contribution in [0.2, 0.25) is 0 Å². The molecule has 1 atom stereocenters. The van der Waals surface area contributed by atoms with Gasteiger partial charge in [-0.2, -0.15) is 0 Å². The Labute approximate surface area is 130 Å². The number of amides is 2. The Hall–Kier alpha value is -2.49. The summed E-state index contributed by atoms with van der Waals surface area (Å²) < 4.78 is 0. The lowest BCUT2D eigenvalue weighted by Crippen LogP contribution is -2.35. The summed E-state index contributed by atoms with van der Waals surface area (Å²) in [5.74, 6) is 0.648. The first-order valence-electron chi connectivity index (χ1n) is 7.61. The summed E-state index contributed by atoms with van der Waals surface area (Å²) in [5, 5.41) is 12.2. The second-order valence-electron chi connectivity index (χ2n) is 5.73. The molecule has 0 aromatic heterocycles. The van der Waals surface area contributed by atoms with Crippen molar-refractivity contribution in [3.63, 3.8) is 0 Å². The van der Waals surface area contributed by atoms with Gasteiger partial charge in [-0.3, -0.25) is 4.90 Å². The quantitative estimate of drug-likeness (QED) is 0.770. The summed E-state index contributed by atoms with van der Waals surface area (Å²) in [7, 11) is 0. The Balaban J connectivity index is 1.85. The zero-order chi connectivity index (χ0) is 15.5. The van der Waals surface area contributed by atoms with Gasteiger partial charge in [-0.15, -0.1) is 0 Å². The first kappa shape index (κ1) is 14.4. The molecule has 1 heterocycles. The van der Waals surface area contributed by atoms with Crippen LogP contribution in [0.3, 0.4) is 0 Å². The number of carbonyl (C=O) groups excluding carboxylic acids is 1. The van der Waals surface area contributed by atoms with E-state index in [0.29, 0.717) is 18.2 Å². The number of hydrogen-bond donors (Lipinski definition) is 2. The molecular weight excluding hydrogens is 276 g/mol. The molecule has 1 unspecified atom stereocenters. The van der Waals surface area contributed by atoms with Crippen molar-refractivity contribution in [2.45, 2.75) is 25.7 Å². The van der Waals surface area contributed by atoms with E-state index in [2.05, 4.69) is 18.3 Å². The van der Waals surface area contributed by atoms with E-state index in [1.807, 2.05) is 23.1 Å². The van der Waals surface area contributed by atoms with Crippen LogP contribution in [0.5, 0.6) is 5.75 Å². The van der Waals surface area contributed by atoms with Crippen LogP contribution in [0.15, 0.2) is 48.5 Å². The maximum Gasteiger partial charge on any atom is 0.326 e. The molecule has 4 nitrogen and oxygen atoms in total. The smallest absolute Gasteiger partial charge is 0.326 e. The number of urea groups is 1. The predicted molar refractivity (Wildman–Crippen MR) is 88.6 cm³/mol. The molecule has 2 N–H and O–H groups in total. The minimum Gasteiger partial charge on any atom is -0.508 e. The van der Waals surface area contributed by atoms with Crippen molar-refractivity contribution in [2.24, 2.45) is 0 Å². The van der Waals surface area contributed by atoms with Gasteiger partial charge in [0, 0.05) is 17.9 Å². The van der Waals surface area contributed by atoms with Crippen LogP contribution in [-0.2, 0) is 0 Å². The highest BCUT2D eigenvalue weighted by Crippen LogP contribution is 2.34. The zero-order valence-corrected chi connectivity index (χ0v) is 12.6. The van der Waals surface area contributed by atoms with Gasteiger partial charge < -0.3 is 10.4 Å². The average molecular weight is 296 g/mol. The van der Waals surface area contributed by atoms with Gasteiger partial charge in [-0.1, -0.05) is 25.1 Å². The lowest BCUT2D eigenvalue weighted by Gasteiger charge is -2.23. The van der Waals surface area contributed by atoms with Crippen LogP contribution in [0.1, 0.15) is 31.2 Å². The molecule has 0 fully saturated rings. The number of benzene rings is 2. The van der Waals surface area contributed by atoms with E-state index in [4.69, 9.17) is 0 Å². The summed E-state index contributed by atoms with van der Waals surface area (Å²) in [6.07, 6.45) is 2.07. The van der Waals surface area contributed by atoms with E-state index < -0.39 is 0 Å². The van der Waals surface area contributed by atoms with Gasteiger partial charge in [0.05, 0.1) is 0 Å². The number of hydrogen-bond acceptors (Lipinski definition) is 2. The SMILES string of the molecule is CC1CCCN(C(=O)Nc2ccc(O)cc2)c2ccccc21. The van der Waals surface area contributed by atoms with Crippen LogP contribution >= 0.6 is 0 Å². The Morgan fingerprint density at radius 1 is 1.18 bits per heavy atom. The summed E-state index contributed by atoms with van der Waals surface area (Å²) in [6.45, 7) is 2.92. The first-order chi connectivity index (χ1) is 10.6. The van der Waals surface area contributed by atoms with Crippen LogP contribution in [0, 0.1) is 0 Å². The Bertz CT molecular complexity index is 667. The number of aromatic hydroxyl groups is 1. The van der Waals surface area contributed by atoms with E-state index in [9.17, 15) is 9.90 Å². The predicted octanol–water partition coefficient (Wildman–Crippen LogP) is 4.33. The molecule has 0 bridgehead atoms. The standard InChI is InChI=1S/C18H20N2O2/c1-13-5-4-12-20(17-7-3-2-6-16(13)17)18(22)19-14-8-10-15(21)11-9-14/h2-3,6-11,13,21H,4-5,12H2,1H3,(H,19,22). The summed E-state index contributed by atoms with van der Waals surface area (Å²) in [6, 6.07) is 14.5. The number of carbonyl (C=O) groups is 1. The maximum absolute atomic E-state index is 12.6. The van der Waals surface area contributed by atoms with E-state index in [1.54, 1.807) is 24.3 Å². The summed E-state index contributed by atoms with van der Waals surface area (Å²) in [5.41, 5.74) is 2.89. The van der Waals surface area contributed by atoms with Crippen molar-refractivity contribution in [3.8, 4) is 5.75 Å². The molecule has 114 valence electrons. The number of anilines is 2. The fraction of sp³-hybridized carbons (Fsp3) is 0.278. The molecule has 2 aromatic carbocycles. The second-order valence-corrected chi connectivity index (χ2v) is 5.73. The number of phenols is 1. The van der Waals surface area contributed by atoms with Crippen molar-refractivity contribution in [2.75, 3.05) is 16.8 Å². The third kappa shape index (κ3) is 2.91. The molecule has 0 spiro atoms. The average Bonchev–Trinajstić information content (AvgIpc) is 2.69. The zero-order valence-electron chi connectivity index (χ0n) is 12.6. The highest BCUT2D eigenvalue weighted by molar-refractivity contribution is 6.02. The van der Waals surface area contributed by atoms with Gasteiger partial charge in [0.25, 0.3) is 0 Å². The molecule has 0 saturated carbocycles. The van der Waals surface area contributed by atoms with Crippen molar-refractivity contribution < 1.29 is 9.90 Å². The molecular formula is C18H20N2O2. The van der Waals surface area contributed by atoms with Gasteiger partial charge >= 0.3 is 6.03 Å². The topological polar surface area (TPSA) is 52.6 Å². The van der Waals surface area contributed by atoms with Gasteiger partial charge in [0.1, 0.15) is 5.75 Å². The second kappa shape index (κ2) is 6.10. The molecule has 0 saturated heterocycles. The number of nitrogens with zero attached hydrogens (tertiary/aromatic N) is 1. The number of para-hydroxylation sites is 1. The maximum atomic E-state index is 12.6. The van der Waals surface area contributed by atoms with Crippen LogP contribution in [0.4, 0.5) is 16.2 Å². The molecule has 3 rings (SSSR count). The number of phenolic OH excluding ortho intramolecular Hbond substituents is 1. The molecule has 2 aromatic rings. The molecule has 1 aliphatic rings. The minimum atomic E-state index is -0.132. The van der Waals surface area contributed by atoms with Crippen LogP contribution in [-0.4, -0.2) is 17.7 Å². The van der Waals surface area contributed by atoms with Gasteiger partial charge in [-0.25, -0.2) is 4.79 Å². The van der Waals surface area contributed by atoms with Gasteiger partial charge in [-0.05, 0) is 54.7 Å². The van der Waals surface area contributed by atoms with E-state index in [-0.39, 0.29) is 11.8 Å². The third-order valence-corrected chi connectivity index (χ3v) is 4.14. The number of nitrogens with one attached hydrogen (secondary N) is 1. The van der Waals surface area contributed by atoms with E-state index >= 15 is 0 Å². The molecule has 0 aliphatic carbocycles. The van der Waals surface area contributed by atoms with Gasteiger partial charge in [0.15, 0.2) is 0 Å². The van der Waals surface area contributed by atoms with Gasteiger partial charge in [0.2, 0.25) is 0 Å². The normalized spacial score (nSPS) is 17.5. The van der Waals surface area contributed by atoms with Crippen molar-refractivity contribution in [1.82, 2.24) is 0 Å². The van der Waals surface area contributed by atoms with Crippen LogP contribution in [0.25, 0.3) is 0 Å². The lowest BCUT2D eigenvalue weighted by molar-refractivity contribution is 0.257. The fourth-order valence-corrected chi connectivity index (χ4v) is 2.93. The highest BCUT2D eigenvalue weighted by atomic mass is 16.3. The third-order valence-electron chi connectivity index (χ3n) is 4.14. The Kier molecular flexibility index (Phi) is 4.00. The highest BCUT2D eigenvalue weighted by Gasteiger charge is 2.24. The molecule has 0 radical (unpaired) electrons. The molecule has 22 heavy (non-hydrogen) atoms. The van der Waals surface area contributed by atoms with Crippen molar-refractivity contribution >= 4 is 17.4 Å². The molecule has 4 heteroatoms.